The van der Waals surface area contributed by atoms with Gasteiger partial charge in [0, 0.05) is 17.7 Å². The number of benzene rings is 1. The lowest BCUT2D eigenvalue weighted by atomic mass is 9.80. The van der Waals surface area contributed by atoms with E-state index >= 15 is 0 Å². The number of rotatable bonds is 3. The highest BCUT2D eigenvalue weighted by Crippen LogP contribution is 2.36. The normalized spacial score (nSPS) is 24.0. The van der Waals surface area contributed by atoms with Crippen LogP contribution in [0.5, 0.6) is 0 Å². The molecule has 2 aromatic rings. The highest BCUT2D eigenvalue weighted by atomic mass is 16.5. The lowest BCUT2D eigenvalue weighted by molar-refractivity contribution is 0.0167. The molecule has 0 aliphatic heterocycles. The van der Waals surface area contributed by atoms with Gasteiger partial charge in [0.25, 0.3) is 0 Å². The van der Waals surface area contributed by atoms with Crippen molar-refractivity contribution in [1.29, 1.82) is 0 Å². The summed E-state index contributed by atoms with van der Waals surface area (Å²) in [6.07, 6.45) is 5.28. The highest BCUT2D eigenvalue weighted by molar-refractivity contribution is 6.03. The van der Waals surface area contributed by atoms with Crippen LogP contribution < -0.4 is 0 Å². The van der Waals surface area contributed by atoms with Crippen LogP contribution in [0, 0.1) is 12.8 Å². The number of fused-ring (bicyclic) bond motifs is 1. The number of ether oxygens (including phenoxy) is 1. The lowest BCUT2D eigenvalue weighted by Crippen LogP contribution is -2.24. The monoisotopic (exact) mass is 421 g/mol. The molecule has 1 N–H and O–H groups in total. The van der Waals surface area contributed by atoms with Gasteiger partial charge in [0.05, 0.1) is 0 Å². The molecule has 2 aliphatic rings. The average molecular weight is 422 g/mol. The third kappa shape index (κ3) is 4.49. The molecule has 4 heteroatoms. The molecule has 166 valence electrons. The van der Waals surface area contributed by atoms with E-state index in [-0.39, 0.29) is 29.2 Å². The van der Waals surface area contributed by atoms with Gasteiger partial charge in [-0.3, -0.25) is 4.79 Å². The topological polar surface area (TPSA) is 59.2 Å². The van der Waals surface area contributed by atoms with Crippen LogP contribution in [-0.2, 0) is 16.6 Å². The SMILES string of the molecule is Cc1c(C(=O)OC2CCC(C)CC2)[nH]c2c1C(=O)C[C@@H](c1ccc(C(C)(C)C)cc1)C2. The molecule has 1 atom stereocenters. The van der Waals surface area contributed by atoms with Gasteiger partial charge in [-0.2, -0.15) is 0 Å². The zero-order valence-electron chi connectivity index (χ0n) is 19.5. The molecule has 1 heterocycles. The molecular formula is C27H35NO3. The summed E-state index contributed by atoms with van der Waals surface area (Å²) in [4.78, 5) is 29.1. The van der Waals surface area contributed by atoms with Crippen LogP contribution in [-0.4, -0.2) is 22.8 Å². The summed E-state index contributed by atoms with van der Waals surface area (Å²) in [7, 11) is 0. The van der Waals surface area contributed by atoms with Gasteiger partial charge >= 0.3 is 5.97 Å². The fourth-order valence-corrected chi connectivity index (χ4v) is 5.09. The van der Waals surface area contributed by atoms with E-state index in [2.05, 4.69) is 56.9 Å². The van der Waals surface area contributed by atoms with E-state index in [1.54, 1.807) is 0 Å². The molecule has 0 amide bonds. The number of carbonyl (C=O) groups excluding carboxylic acids is 2. The largest absolute Gasteiger partial charge is 0.458 e. The van der Waals surface area contributed by atoms with Crippen LogP contribution >= 0.6 is 0 Å². The van der Waals surface area contributed by atoms with Crippen LogP contribution in [0.1, 0.15) is 109 Å². The lowest BCUT2D eigenvalue weighted by Gasteiger charge is -2.25. The van der Waals surface area contributed by atoms with Gasteiger partial charge in [-0.1, -0.05) is 52.0 Å². The van der Waals surface area contributed by atoms with Crippen molar-refractivity contribution in [3.63, 3.8) is 0 Å². The Labute approximate surface area is 185 Å². The first-order chi connectivity index (χ1) is 14.6. The van der Waals surface area contributed by atoms with E-state index in [4.69, 9.17) is 4.74 Å². The third-order valence-corrected chi connectivity index (χ3v) is 7.18. The van der Waals surface area contributed by atoms with Crippen molar-refractivity contribution >= 4 is 11.8 Å². The maximum absolute atomic E-state index is 13.0. The van der Waals surface area contributed by atoms with Crippen LogP contribution in [0.25, 0.3) is 0 Å². The number of hydrogen-bond acceptors (Lipinski definition) is 3. The molecule has 1 aromatic heterocycles. The Bertz CT molecular complexity index is 969. The highest BCUT2D eigenvalue weighted by Gasteiger charge is 2.33. The van der Waals surface area contributed by atoms with E-state index in [0.717, 1.165) is 43.4 Å². The molecule has 1 aromatic carbocycles. The molecule has 0 bridgehead atoms. The van der Waals surface area contributed by atoms with Gasteiger partial charge in [0.15, 0.2) is 5.78 Å². The quantitative estimate of drug-likeness (QED) is 0.594. The summed E-state index contributed by atoms with van der Waals surface area (Å²) in [5, 5.41) is 0. The number of H-pyrrole nitrogens is 1. The van der Waals surface area contributed by atoms with Crippen molar-refractivity contribution in [2.45, 2.75) is 90.6 Å². The van der Waals surface area contributed by atoms with E-state index in [1.807, 2.05) is 6.92 Å². The van der Waals surface area contributed by atoms with Gasteiger partial charge in [-0.15, -0.1) is 0 Å². The van der Waals surface area contributed by atoms with E-state index in [9.17, 15) is 9.59 Å². The number of Topliss-reactive ketones (excluding diaryl/α,β-unsaturated/α-hetero) is 1. The van der Waals surface area contributed by atoms with Crippen LogP contribution in [0.2, 0.25) is 0 Å². The van der Waals surface area contributed by atoms with E-state index in [0.29, 0.717) is 23.6 Å². The minimum atomic E-state index is -0.315. The van der Waals surface area contributed by atoms with Crippen molar-refractivity contribution in [2.75, 3.05) is 0 Å². The van der Waals surface area contributed by atoms with Crippen LogP contribution in [0.4, 0.5) is 0 Å². The molecule has 1 saturated carbocycles. The summed E-state index contributed by atoms with van der Waals surface area (Å²) in [5.74, 6) is 0.646. The van der Waals surface area contributed by atoms with Crippen molar-refractivity contribution < 1.29 is 14.3 Å². The number of aromatic nitrogens is 1. The number of hydrogen-bond donors (Lipinski definition) is 1. The fourth-order valence-electron chi connectivity index (χ4n) is 5.09. The van der Waals surface area contributed by atoms with Gasteiger partial charge < -0.3 is 9.72 Å². The Morgan fingerprint density at radius 1 is 1.03 bits per heavy atom. The molecule has 0 spiro atoms. The first-order valence-electron chi connectivity index (χ1n) is 11.7. The number of carbonyl (C=O) groups is 2. The van der Waals surface area contributed by atoms with Crippen LogP contribution in [0.15, 0.2) is 24.3 Å². The predicted octanol–water partition coefficient (Wildman–Crippen LogP) is 6.27. The van der Waals surface area contributed by atoms with Crippen molar-refractivity contribution in [1.82, 2.24) is 4.98 Å². The summed E-state index contributed by atoms with van der Waals surface area (Å²) in [5.41, 5.74) is 5.36. The summed E-state index contributed by atoms with van der Waals surface area (Å²) >= 11 is 0. The maximum Gasteiger partial charge on any atom is 0.355 e. The molecule has 0 unspecified atom stereocenters. The Hall–Kier alpha value is -2.36. The maximum atomic E-state index is 13.0. The summed E-state index contributed by atoms with van der Waals surface area (Å²) < 4.78 is 5.79. The first-order valence-corrected chi connectivity index (χ1v) is 11.7. The minimum Gasteiger partial charge on any atom is -0.458 e. The summed E-state index contributed by atoms with van der Waals surface area (Å²) in [6.45, 7) is 10.7. The molecule has 4 rings (SSSR count). The van der Waals surface area contributed by atoms with Crippen molar-refractivity contribution in [2.24, 2.45) is 5.92 Å². The smallest absolute Gasteiger partial charge is 0.355 e. The van der Waals surface area contributed by atoms with Crippen molar-refractivity contribution in [3.8, 4) is 0 Å². The zero-order valence-corrected chi connectivity index (χ0v) is 19.5. The Balaban J connectivity index is 1.52. The number of ketones is 1. The van der Waals surface area contributed by atoms with Crippen LogP contribution in [0.3, 0.4) is 0 Å². The molecule has 4 nitrogen and oxygen atoms in total. The molecule has 0 saturated heterocycles. The second-order valence-electron chi connectivity index (χ2n) is 10.7. The molecule has 1 fully saturated rings. The molecule has 31 heavy (non-hydrogen) atoms. The Morgan fingerprint density at radius 3 is 2.29 bits per heavy atom. The van der Waals surface area contributed by atoms with Gasteiger partial charge in [-0.05, 0) is 73.0 Å². The number of nitrogens with one attached hydrogen (secondary N) is 1. The second kappa shape index (κ2) is 8.29. The fraction of sp³-hybridized carbons (Fsp3) is 0.556. The van der Waals surface area contributed by atoms with E-state index in [1.165, 1.54) is 11.1 Å². The second-order valence-corrected chi connectivity index (χ2v) is 10.7. The standard InChI is InChI=1S/C27H35NO3/c1-16-6-12-21(13-7-16)31-26(30)25-17(2)24-22(28-25)14-19(15-23(24)29)18-8-10-20(11-9-18)27(3,4)5/h8-11,16,19,21,28H,6-7,12-15H2,1-5H3/t16?,19-,21?/m0/s1. The Kier molecular flexibility index (Phi) is 5.85. The predicted molar refractivity (Wildman–Crippen MR) is 123 cm³/mol. The average Bonchev–Trinajstić information content (AvgIpc) is 3.06. The zero-order chi connectivity index (χ0) is 22.3. The van der Waals surface area contributed by atoms with Gasteiger partial charge in [-0.25, -0.2) is 4.79 Å². The minimum absolute atomic E-state index is 0.00629. The van der Waals surface area contributed by atoms with Crippen molar-refractivity contribution in [3.05, 3.63) is 57.9 Å². The van der Waals surface area contributed by atoms with E-state index < -0.39 is 0 Å². The van der Waals surface area contributed by atoms with Gasteiger partial charge in [0.2, 0.25) is 0 Å². The molecule has 0 radical (unpaired) electrons. The molecule has 2 aliphatic carbocycles. The number of aromatic amines is 1. The Morgan fingerprint density at radius 2 is 1.68 bits per heavy atom. The number of esters is 1. The first kappa shape index (κ1) is 21.9. The molecular weight excluding hydrogens is 386 g/mol. The van der Waals surface area contributed by atoms with Gasteiger partial charge in [0.1, 0.15) is 11.8 Å². The third-order valence-electron chi connectivity index (χ3n) is 7.18. The summed E-state index contributed by atoms with van der Waals surface area (Å²) in [6, 6.07) is 8.64.